The van der Waals surface area contributed by atoms with Crippen molar-refractivity contribution < 1.29 is 19.1 Å². The van der Waals surface area contributed by atoms with E-state index in [9.17, 15) is 14.4 Å². The predicted octanol–water partition coefficient (Wildman–Crippen LogP) is 2.14. The van der Waals surface area contributed by atoms with Gasteiger partial charge in [0, 0.05) is 25.2 Å². The highest BCUT2D eigenvalue weighted by atomic mass is 16.6. The number of imide groups is 1. The van der Waals surface area contributed by atoms with Crippen molar-refractivity contribution in [1.29, 1.82) is 0 Å². The van der Waals surface area contributed by atoms with Gasteiger partial charge >= 0.3 is 12.1 Å². The average molecular weight is 348 g/mol. The molecule has 0 bridgehead atoms. The number of primary amides is 1. The second-order valence-electron chi connectivity index (χ2n) is 6.94. The van der Waals surface area contributed by atoms with Crippen LogP contribution in [0, 0.1) is 5.92 Å². The molecule has 2 N–H and O–H groups in total. The first-order valence-corrected chi connectivity index (χ1v) is 8.21. The molecule has 2 rings (SSSR count). The van der Waals surface area contributed by atoms with Crippen molar-refractivity contribution in [3.63, 3.8) is 0 Å². The number of hydrogen-bond acceptors (Lipinski definition) is 5. The number of carbonyl (C=O) groups is 3. The lowest BCUT2D eigenvalue weighted by molar-refractivity contribution is -0.123. The fourth-order valence-electron chi connectivity index (χ4n) is 2.64. The first-order valence-electron chi connectivity index (χ1n) is 8.21. The molecular formula is C17H24N4O4. The number of hydrogen-bond donors (Lipinski definition) is 1. The van der Waals surface area contributed by atoms with Crippen LogP contribution in [0.2, 0.25) is 0 Å². The Bertz CT molecular complexity index is 634. The number of urea groups is 1. The van der Waals surface area contributed by atoms with Crippen LogP contribution < -0.4 is 10.6 Å². The largest absolute Gasteiger partial charge is 0.444 e. The maximum absolute atomic E-state index is 12.7. The Morgan fingerprint density at radius 1 is 1.24 bits per heavy atom. The van der Waals surface area contributed by atoms with E-state index in [0.717, 1.165) is 4.90 Å². The van der Waals surface area contributed by atoms with Gasteiger partial charge in [-0.2, -0.15) is 0 Å². The predicted molar refractivity (Wildman–Crippen MR) is 91.8 cm³/mol. The van der Waals surface area contributed by atoms with Crippen molar-refractivity contribution in [3.8, 4) is 0 Å². The summed E-state index contributed by atoms with van der Waals surface area (Å²) in [6, 6.07) is 4.06. The highest BCUT2D eigenvalue weighted by molar-refractivity contribution is 6.13. The molecule has 0 atom stereocenters. The number of piperidine rings is 1. The Hall–Kier alpha value is -2.64. The van der Waals surface area contributed by atoms with Crippen molar-refractivity contribution >= 4 is 23.8 Å². The second kappa shape index (κ2) is 7.50. The highest BCUT2D eigenvalue weighted by Crippen LogP contribution is 2.23. The van der Waals surface area contributed by atoms with E-state index in [2.05, 4.69) is 4.98 Å². The maximum atomic E-state index is 12.7. The minimum absolute atomic E-state index is 0.203. The van der Waals surface area contributed by atoms with Crippen LogP contribution in [0.1, 0.15) is 33.6 Å². The summed E-state index contributed by atoms with van der Waals surface area (Å²) in [5.74, 6) is -0.585. The van der Waals surface area contributed by atoms with Gasteiger partial charge in [0.15, 0.2) is 0 Å². The van der Waals surface area contributed by atoms with Crippen LogP contribution in [0.4, 0.5) is 15.4 Å². The number of rotatable bonds is 2. The Morgan fingerprint density at radius 3 is 2.36 bits per heavy atom. The van der Waals surface area contributed by atoms with Crippen LogP contribution in [-0.4, -0.2) is 46.6 Å². The molecule has 0 radical (unpaired) electrons. The van der Waals surface area contributed by atoms with E-state index in [-0.39, 0.29) is 5.82 Å². The summed E-state index contributed by atoms with van der Waals surface area (Å²) in [6.45, 7) is 6.19. The third-order valence-electron chi connectivity index (χ3n) is 3.82. The quantitative estimate of drug-likeness (QED) is 0.881. The Morgan fingerprint density at radius 2 is 1.88 bits per heavy atom. The first kappa shape index (κ1) is 18.7. The molecule has 1 aliphatic heterocycles. The molecule has 1 fully saturated rings. The van der Waals surface area contributed by atoms with E-state index in [1.165, 1.54) is 6.20 Å². The van der Waals surface area contributed by atoms with Crippen LogP contribution in [0.15, 0.2) is 24.4 Å². The topological polar surface area (TPSA) is 106 Å². The summed E-state index contributed by atoms with van der Waals surface area (Å²) in [5.41, 5.74) is 4.80. The monoisotopic (exact) mass is 348 g/mol. The lowest BCUT2D eigenvalue weighted by Gasteiger charge is -2.34. The number of anilines is 1. The molecule has 0 spiro atoms. The fraction of sp³-hybridized carbons (Fsp3) is 0.529. The van der Waals surface area contributed by atoms with Crippen LogP contribution in [0.3, 0.4) is 0 Å². The third kappa shape index (κ3) is 4.91. The van der Waals surface area contributed by atoms with Crippen molar-refractivity contribution in [2.75, 3.05) is 18.0 Å². The second-order valence-corrected chi connectivity index (χ2v) is 6.94. The van der Waals surface area contributed by atoms with Gasteiger partial charge in [0.25, 0.3) is 0 Å². The minimum atomic E-state index is -0.863. The van der Waals surface area contributed by atoms with Gasteiger partial charge in [-0.1, -0.05) is 6.07 Å². The molecule has 1 aromatic heterocycles. The van der Waals surface area contributed by atoms with E-state index in [0.29, 0.717) is 25.9 Å². The molecule has 0 aliphatic carbocycles. The van der Waals surface area contributed by atoms with Crippen LogP contribution >= 0.6 is 0 Å². The standard InChI is InChI=1S/C17H24N4O4/c1-17(2,3)25-16(24)20-10-7-12(8-11-20)14(22)21(15(18)23)13-6-4-5-9-19-13/h4-6,9,12H,7-8,10-11H2,1-3H3,(H2,18,23). The highest BCUT2D eigenvalue weighted by Gasteiger charge is 2.34. The van der Waals surface area contributed by atoms with E-state index >= 15 is 0 Å². The van der Waals surface area contributed by atoms with Crippen LogP contribution in [-0.2, 0) is 9.53 Å². The number of amides is 4. The number of likely N-dealkylation sites (tertiary alicyclic amines) is 1. The van der Waals surface area contributed by atoms with Gasteiger partial charge in [0.2, 0.25) is 5.91 Å². The van der Waals surface area contributed by atoms with Gasteiger partial charge in [-0.25, -0.2) is 19.5 Å². The molecule has 8 heteroatoms. The summed E-state index contributed by atoms with van der Waals surface area (Å²) >= 11 is 0. The van der Waals surface area contributed by atoms with Gasteiger partial charge in [-0.15, -0.1) is 0 Å². The average Bonchev–Trinajstić information content (AvgIpc) is 2.54. The first-order chi connectivity index (χ1) is 11.7. The van der Waals surface area contributed by atoms with E-state index in [1.807, 2.05) is 0 Å². The third-order valence-corrected chi connectivity index (χ3v) is 3.82. The molecule has 1 aromatic rings. The molecular weight excluding hydrogens is 324 g/mol. The zero-order chi connectivity index (χ0) is 18.6. The van der Waals surface area contributed by atoms with Gasteiger partial charge in [0.05, 0.1) is 0 Å². The van der Waals surface area contributed by atoms with Gasteiger partial charge in [-0.3, -0.25) is 4.79 Å². The molecule has 0 aromatic carbocycles. The van der Waals surface area contributed by atoms with Gasteiger partial charge < -0.3 is 15.4 Å². The summed E-state index contributed by atoms with van der Waals surface area (Å²) in [4.78, 5) is 43.0. The van der Waals surface area contributed by atoms with E-state index in [4.69, 9.17) is 10.5 Å². The van der Waals surface area contributed by atoms with Crippen molar-refractivity contribution in [2.45, 2.75) is 39.2 Å². The molecule has 1 saturated heterocycles. The molecule has 2 heterocycles. The van der Waals surface area contributed by atoms with Crippen molar-refractivity contribution in [1.82, 2.24) is 9.88 Å². The zero-order valence-electron chi connectivity index (χ0n) is 14.8. The smallest absolute Gasteiger partial charge is 0.410 e. The van der Waals surface area contributed by atoms with Crippen LogP contribution in [0.5, 0.6) is 0 Å². The normalized spacial score (nSPS) is 15.6. The molecule has 8 nitrogen and oxygen atoms in total. The summed E-state index contributed by atoms with van der Waals surface area (Å²) in [7, 11) is 0. The lowest BCUT2D eigenvalue weighted by atomic mass is 9.95. The van der Waals surface area contributed by atoms with Crippen molar-refractivity contribution in [3.05, 3.63) is 24.4 Å². The fourth-order valence-corrected chi connectivity index (χ4v) is 2.64. The molecule has 0 unspecified atom stereocenters. The van der Waals surface area contributed by atoms with E-state index < -0.39 is 29.6 Å². The minimum Gasteiger partial charge on any atom is -0.444 e. The number of ether oxygens (including phenoxy) is 1. The Labute approximate surface area is 146 Å². The van der Waals surface area contributed by atoms with Gasteiger partial charge in [-0.05, 0) is 45.7 Å². The summed E-state index contributed by atoms with van der Waals surface area (Å²) < 4.78 is 5.34. The molecule has 25 heavy (non-hydrogen) atoms. The molecule has 136 valence electrons. The number of nitrogens with zero attached hydrogens (tertiary/aromatic N) is 3. The summed E-state index contributed by atoms with van der Waals surface area (Å²) in [6.07, 6.45) is 1.97. The van der Waals surface area contributed by atoms with Crippen molar-refractivity contribution in [2.24, 2.45) is 11.7 Å². The molecule has 4 amide bonds. The van der Waals surface area contributed by atoms with Gasteiger partial charge in [0.1, 0.15) is 11.4 Å². The molecule has 1 aliphatic rings. The maximum Gasteiger partial charge on any atom is 0.410 e. The van der Waals surface area contributed by atoms with Crippen LogP contribution in [0.25, 0.3) is 0 Å². The number of pyridine rings is 1. The number of aromatic nitrogens is 1. The Kier molecular flexibility index (Phi) is 5.61. The lowest BCUT2D eigenvalue weighted by Crippen LogP contribution is -2.49. The van der Waals surface area contributed by atoms with E-state index in [1.54, 1.807) is 43.9 Å². The Balaban J connectivity index is 2.00. The SMILES string of the molecule is CC(C)(C)OC(=O)N1CCC(C(=O)N(C(N)=O)c2ccccn2)CC1. The zero-order valence-corrected chi connectivity index (χ0v) is 14.8. The molecule has 0 saturated carbocycles. The number of nitrogens with two attached hydrogens (primary N) is 1. The number of carbonyl (C=O) groups excluding carboxylic acids is 3. The summed E-state index contributed by atoms with van der Waals surface area (Å²) in [5, 5.41) is 0.